The third-order valence-electron chi connectivity index (χ3n) is 5.70. The maximum absolute atomic E-state index is 13.9. The van der Waals surface area contributed by atoms with Crippen molar-refractivity contribution in [3.63, 3.8) is 0 Å². The number of benzene rings is 3. The maximum atomic E-state index is 13.9. The minimum Gasteiger partial charge on any atom is -0.299 e. The van der Waals surface area contributed by atoms with Crippen LogP contribution < -0.4 is 0 Å². The van der Waals surface area contributed by atoms with Gasteiger partial charge >= 0.3 is 0 Å². The van der Waals surface area contributed by atoms with Crippen molar-refractivity contribution in [3.05, 3.63) is 77.6 Å². The summed E-state index contributed by atoms with van der Waals surface area (Å²) in [4.78, 5) is 7.46. The Morgan fingerprint density at radius 3 is 2.74 bits per heavy atom. The van der Waals surface area contributed by atoms with E-state index in [1.807, 2.05) is 6.07 Å². The predicted octanol–water partition coefficient (Wildman–Crippen LogP) is 5.57. The summed E-state index contributed by atoms with van der Waals surface area (Å²) in [6.45, 7) is 5.12. The molecule has 0 N–H and O–H groups in total. The van der Waals surface area contributed by atoms with Crippen molar-refractivity contribution in [1.82, 2.24) is 9.88 Å². The molecule has 1 aliphatic rings. The first-order chi connectivity index (χ1) is 13.2. The SMILES string of the molecule is CCN1CCc2c(c(-c3cccc(F)c3)nc3ccc4ccccc4c23)C1. The largest absolute Gasteiger partial charge is 0.299 e. The smallest absolute Gasteiger partial charge is 0.123 e. The van der Waals surface area contributed by atoms with Crippen molar-refractivity contribution in [2.75, 3.05) is 13.1 Å². The molecule has 0 amide bonds. The molecule has 0 saturated heterocycles. The quantitative estimate of drug-likeness (QED) is 0.436. The molecule has 3 heteroatoms. The fourth-order valence-corrected chi connectivity index (χ4v) is 4.32. The molecular formula is C24H21FN2. The molecular weight excluding hydrogens is 335 g/mol. The molecule has 3 aromatic carbocycles. The summed E-state index contributed by atoms with van der Waals surface area (Å²) in [6, 6.07) is 19.6. The van der Waals surface area contributed by atoms with Crippen molar-refractivity contribution in [3.8, 4) is 11.3 Å². The van der Waals surface area contributed by atoms with Crippen LogP contribution in [0.3, 0.4) is 0 Å². The zero-order valence-electron chi connectivity index (χ0n) is 15.4. The number of hydrogen-bond donors (Lipinski definition) is 0. The summed E-state index contributed by atoms with van der Waals surface area (Å²) in [5, 5.41) is 3.76. The fourth-order valence-electron chi connectivity index (χ4n) is 4.32. The average molecular weight is 356 g/mol. The summed E-state index contributed by atoms with van der Waals surface area (Å²) >= 11 is 0. The minimum atomic E-state index is -0.218. The van der Waals surface area contributed by atoms with Crippen LogP contribution in [-0.2, 0) is 13.0 Å². The van der Waals surface area contributed by atoms with Crippen LogP contribution in [0.1, 0.15) is 18.1 Å². The Morgan fingerprint density at radius 1 is 1.00 bits per heavy atom. The molecule has 0 radical (unpaired) electrons. The molecule has 0 saturated carbocycles. The second-order valence-electron chi connectivity index (χ2n) is 7.23. The van der Waals surface area contributed by atoms with Gasteiger partial charge in [-0.1, -0.05) is 49.4 Å². The fraction of sp³-hybridized carbons (Fsp3) is 0.208. The highest BCUT2D eigenvalue weighted by atomic mass is 19.1. The maximum Gasteiger partial charge on any atom is 0.123 e. The second-order valence-corrected chi connectivity index (χ2v) is 7.23. The highest BCUT2D eigenvalue weighted by molar-refractivity contribution is 6.09. The van der Waals surface area contributed by atoms with Gasteiger partial charge in [-0.05, 0) is 53.1 Å². The van der Waals surface area contributed by atoms with Gasteiger partial charge in [0.1, 0.15) is 5.82 Å². The van der Waals surface area contributed by atoms with E-state index in [1.54, 1.807) is 12.1 Å². The van der Waals surface area contributed by atoms with Crippen molar-refractivity contribution in [2.45, 2.75) is 19.9 Å². The molecule has 5 rings (SSSR count). The first-order valence-corrected chi connectivity index (χ1v) is 9.56. The third-order valence-corrected chi connectivity index (χ3v) is 5.70. The molecule has 2 nitrogen and oxygen atoms in total. The average Bonchev–Trinajstić information content (AvgIpc) is 2.72. The molecule has 1 aromatic heterocycles. The molecule has 2 heterocycles. The van der Waals surface area contributed by atoms with E-state index in [0.29, 0.717) is 0 Å². The summed E-state index contributed by atoms with van der Waals surface area (Å²) in [5.74, 6) is -0.218. The standard InChI is InChI=1S/C24H21FN2/c1-2-27-13-12-20-21(15-27)24(17-7-5-8-18(25)14-17)26-22-11-10-16-6-3-4-9-19(16)23(20)22/h3-11,14H,2,12-13,15H2,1H3. The van der Waals surface area contributed by atoms with Crippen LogP contribution >= 0.6 is 0 Å². The van der Waals surface area contributed by atoms with Gasteiger partial charge in [0.15, 0.2) is 0 Å². The van der Waals surface area contributed by atoms with Gasteiger partial charge in [-0.15, -0.1) is 0 Å². The van der Waals surface area contributed by atoms with Crippen LogP contribution in [0.2, 0.25) is 0 Å². The Balaban J connectivity index is 1.87. The van der Waals surface area contributed by atoms with Crippen LogP contribution in [0.15, 0.2) is 60.7 Å². The van der Waals surface area contributed by atoms with Gasteiger partial charge in [0.05, 0.1) is 11.2 Å². The molecule has 0 atom stereocenters. The van der Waals surface area contributed by atoms with Crippen molar-refractivity contribution in [1.29, 1.82) is 0 Å². The monoisotopic (exact) mass is 356 g/mol. The molecule has 0 spiro atoms. The number of halogens is 1. The number of hydrogen-bond acceptors (Lipinski definition) is 2. The van der Waals surface area contributed by atoms with Gasteiger partial charge < -0.3 is 0 Å². The summed E-state index contributed by atoms with van der Waals surface area (Å²) < 4.78 is 13.9. The van der Waals surface area contributed by atoms with Gasteiger partial charge in [0, 0.05) is 24.0 Å². The number of likely N-dealkylation sites (N-methyl/N-ethyl adjacent to an activating group) is 1. The van der Waals surface area contributed by atoms with Crippen LogP contribution in [0, 0.1) is 5.82 Å². The van der Waals surface area contributed by atoms with Crippen molar-refractivity contribution >= 4 is 21.7 Å². The first-order valence-electron chi connectivity index (χ1n) is 9.56. The van der Waals surface area contributed by atoms with E-state index in [1.165, 1.54) is 33.4 Å². The molecule has 4 aromatic rings. The van der Waals surface area contributed by atoms with Crippen molar-refractivity contribution < 1.29 is 4.39 Å². The summed E-state index contributed by atoms with van der Waals surface area (Å²) in [6.07, 6.45) is 0.999. The van der Waals surface area contributed by atoms with Gasteiger partial charge in [-0.2, -0.15) is 0 Å². The van der Waals surface area contributed by atoms with Gasteiger partial charge in [-0.3, -0.25) is 4.90 Å². The number of aromatic nitrogens is 1. The molecule has 27 heavy (non-hydrogen) atoms. The summed E-state index contributed by atoms with van der Waals surface area (Å²) in [7, 11) is 0. The van der Waals surface area contributed by atoms with E-state index in [0.717, 1.165) is 42.8 Å². The lowest BCUT2D eigenvalue weighted by Crippen LogP contribution is -2.31. The Hall–Kier alpha value is -2.78. The Bertz CT molecular complexity index is 1170. The van der Waals surface area contributed by atoms with Crippen LogP contribution in [0.4, 0.5) is 4.39 Å². The highest BCUT2D eigenvalue weighted by Gasteiger charge is 2.23. The van der Waals surface area contributed by atoms with Crippen LogP contribution in [0.5, 0.6) is 0 Å². The minimum absolute atomic E-state index is 0.218. The lowest BCUT2D eigenvalue weighted by atomic mass is 9.89. The molecule has 0 aliphatic carbocycles. The van der Waals surface area contributed by atoms with Crippen molar-refractivity contribution in [2.24, 2.45) is 0 Å². The van der Waals surface area contributed by atoms with Gasteiger partial charge in [0.25, 0.3) is 0 Å². The van der Waals surface area contributed by atoms with E-state index in [2.05, 4.69) is 48.2 Å². The Morgan fingerprint density at radius 2 is 1.89 bits per heavy atom. The van der Waals surface area contributed by atoms with E-state index in [4.69, 9.17) is 4.98 Å². The van der Waals surface area contributed by atoms with Gasteiger partial charge in [-0.25, -0.2) is 9.37 Å². The van der Waals surface area contributed by atoms with Crippen LogP contribution in [0.25, 0.3) is 32.9 Å². The Labute approximate surface area is 158 Å². The van der Waals surface area contributed by atoms with Gasteiger partial charge in [0.2, 0.25) is 0 Å². The molecule has 0 fully saturated rings. The first kappa shape index (κ1) is 16.4. The summed E-state index contributed by atoms with van der Waals surface area (Å²) in [5.41, 5.74) is 5.40. The normalized spacial score (nSPS) is 14.6. The van der Waals surface area contributed by atoms with E-state index in [-0.39, 0.29) is 5.82 Å². The number of fused-ring (bicyclic) bond motifs is 5. The molecule has 0 bridgehead atoms. The molecule has 0 unspecified atom stereocenters. The molecule has 1 aliphatic heterocycles. The Kier molecular flexibility index (Phi) is 3.91. The van der Waals surface area contributed by atoms with E-state index >= 15 is 0 Å². The highest BCUT2D eigenvalue weighted by Crippen LogP contribution is 2.37. The van der Waals surface area contributed by atoms with Crippen LogP contribution in [-0.4, -0.2) is 23.0 Å². The van der Waals surface area contributed by atoms with E-state index in [9.17, 15) is 4.39 Å². The third kappa shape index (κ3) is 2.70. The number of pyridine rings is 1. The lowest BCUT2D eigenvalue weighted by molar-refractivity contribution is 0.269. The second kappa shape index (κ2) is 6.43. The zero-order valence-corrected chi connectivity index (χ0v) is 15.4. The topological polar surface area (TPSA) is 16.1 Å². The lowest BCUT2D eigenvalue weighted by Gasteiger charge is -2.30. The predicted molar refractivity (Wildman–Crippen MR) is 109 cm³/mol. The zero-order chi connectivity index (χ0) is 18.4. The van der Waals surface area contributed by atoms with E-state index < -0.39 is 0 Å². The number of nitrogens with zero attached hydrogens (tertiary/aromatic N) is 2. The number of rotatable bonds is 2. The molecule has 134 valence electrons.